The standard InChI is InChI=1S/C11H12N6O2/c12-11(18)8-1-2-9(16-15-8)14-10-3-4-13-17(10)7-5-19-6-7/h1-4,7H,5-6H2,(H2,12,18)(H,14,16). The number of nitrogens with one attached hydrogen (secondary N) is 1. The maximum Gasteiger partial charge on any atom is 0.269 e. The van der Waals surface area contributed by atoms with E-state index >= 15 is 0 Å². The molecule has 1 aliphatic rings. The first-order valence-corrected chi connectivity index (χ1v) is 5.76. The quantitative estimate of drug-likeness (QED) is 0.806. The van der Waals surface area contributed by atoms with E-state index < -0.39 is 5.91 Å². The highest BCUT2D eigenvalue weighted by Gasteiger charge is 2.23. The lowest BCUT2D eigenvalue weighted by atomic mass is 10.3. The molecule has 0 bridgehead atoms. The van der Waals surface area contributed by atoms with Gasteiger partial charge in [-0.05, 0) is 12.1 Å². The zero-order valence-electron chi connectivity index (χ0n) is 9.98. The summed E-state index contributed by atoms with van der Waals surface area (Å²) in [6.07, 6.45) is 1.70. The maximum atomic E-state index is 10.9. The molecule has 1 fully saturated rings. The average Bonchev–Trinajstić information content (AvgIpc) is 2.76. The van der Waals surface area contributed by atoms with Crippen molar-refractivity contribution in [3.63, 3.8) is 0 Å². The first-order chi connectivity index (χ1) is 9.24. The molecular formula is C11H12N6O2. The summed E-state index contributed by atoms with van der Waals surface area (Å²) in [6, 6.07) is 5.24. The zero-order valence-corrected chi connectivity index (χ0v) is 9.98. The van der Waals surface area contributed by atoms with Gasteiger partial charge >= 0.3 is 0 Å². The topological polar surface area (TPSA) is 108 Å². The van der Waals surface area contributed by atoms with Gasteiger partial charge in [0.1, 0.15) is 11.9 Å². The van der Waals surface area contributed by atoms with E-state index in [4.69, 9.17) is 10.5 Å². The van der Waals surface area contributed by atoms with E-state index in [0.29, 0.717) is 19.0 Å². The smallest absolute Gasteiger partial charge is 0.269 e. The molecule has 0 unspecified atom stereocenters. The fourth-order valence-electron chi connectivity index (χ4n) is 1.73. The molecule has 8 nitrogen and oxygen atoms in total. The number of aromatic nitrogens is 4. The Hall–Kier alpha value is -2.48. The van der Waals surface area contributed by atoms with E-state index in [0.717, 1.165) is 5.82 Å². The summed E-state index contributed by atoms with van der Waals surface area (Å²) in [5, 5.41) is 14.9. The number of hydrogen-bond donors (Lipinski definition) is 2. The number of nitrogens with two attached hydrogens (primary N) is 1. The number of rotatable bonds is 4. The van der Waals surface area contributed by atoms with Crippen LogP contribution in [0.15, 0.2) is 24.4 Å². The highest BCUT2D eigenvalue weighted by atomic mass is 16.5. The number of ether oxygens (including phenoxy) is 1. The van der Waals surface area contributed by atoms with E-state index in [2.05, 4.69) is 20.6 Å². The Kier molecular flexibility index (Phi) is 2.84. The number of nitrogens with zero attached hydrogens (tertiary/aromatic N) is 4. The van der Waals surface area contributed by atoms with Gasteiger partial charge in [0.2, 0.25) is 0 Å². The second-order valence-electron chi connectivity index (χ2n) is 4.15. The van der Waals surface area contributed by atoms with Crippen LogP contribution in [0, 0.1) is 0 Å². The van der Waals surface area contributed by atoms with E-state index in [1.165, 1.54) is 6.07 Å². The number of anilines is 2. The van der Waals surface area contributed by atoms with Gasteiger partial charge in [0.25, 0.3) is 5.91 Å². The Morgan fingerprint density at radius 1 is 1.37 bits per heavy atom. The molecule has 0 aromatic carbocycles. The fraction of sp³-hybridized carbons (Fsp3) is 0.273. The minimum absolute atomic E-state index is 0.131. The van der Waals surface area contributed by atoms with Gasteiger partial charge in [-0.15, -0.1) is 10.2 Å². The van der Waals surface area contributed by atoms with Gasteiger partial charge in [0.05, 0.1) is 19.4 Å². The molecule has 2 aromatic heterocycles. The molecule has 0 saturated carbocycles. The molecule has 8 heteroatoms. The zero-order chi connectivity index (χ0) is 13.2. The Morgan fingerprint density at radius 2 is 2.21 bits per heavy atom. The lowest BCUT2D eigenvalue weighted by Gasteiger charge is -2.27. The van der Waals surface area contributed by atoms with E-state index in [1.54, 1.807) is 12.3 Å². The highest BCUT2D eigenvalue weighted by Crippen LogP contribution is 2.22. The molecule has 2 aromatic rings. The third-order valence-electron chi connectivity index (χ3n) is 2.81. The number of amides is 1. The van der Waals surface area contributed by atoms with Gasteiger partial charge in [0, 0.05) is 6.07 Å². The first-order valence-electron chi connectivity index (χ1n) is 5.76. The molecule has 0 atom stereocenters. The molecule has 1 amide bonds. The van der Waals surface area contributed by atoms with Gasteiger partial charge < -0.3 is 15.8 Å². The molecular weight excluding hydrogens is 248 g/mol. The summed E-state index contributed by atoms with van der Waals surface area (Å²) in [7, 11) is 0. The Balaban J connectivity index is 1.77. The maximum absolute atomic E-state index is 10.9. The van der Waals surface area contributed by atoms with Crippen molar-refractivity contribution < 1.29 is 9.53 Å². The molecule has 19 heavy (non-hydrogen) atoms. The fourth-order valence-corrected chi connectivity index (χ4v) is 1.73. The molecule has 3 rings (SSSR count). The molecule has 3 N–H and O–H groups in total. The van der Waals surface area contributed by atoms with Gasteiger partial charge in [0.15, 0.2) is 11.5 Å². The van der Waals surface area contributed by atoms with Crippen LogP contribution in [0.25, 0.3) is 0 Å². The second-order valence-corrected chi connectivity index (χ2v) is 4.15. The van der Waals surface area contributed by atoms with Crippen LogP contribution < -0.4 is 11.1 Å². The number of carbonyl (C=O) groups is 1. The van der Waals surface area contributed by atoms with Crippen LogP contribution in [-0.2, 0) is 4.74 Å². The number of hydrogen-bond acceptors (Lipinski definition) is 6. The number of primary amides is 1. The molecule has 0 spiro atoms. The average molecular weight is 260 g/mol. The van der Waals surface area contributed by atoms with Crippen LogP contribution in [-0.4, -0.2) is 39.1 Å². The normalized spacial score (nSPS) is 14.9. The van der Waals surface area contributed by atoms with Crippen molar-refractivity contribution in [3.8, 4) is 0 Å². The van der Waals surface area contributed by atoms with Crippen molar-refractivity contribution in [1.29, 1.82) is 0 Å². The molecule has 1 saturated heterocycles. The summed E-state index contributed by atoms with van der Waals surface area (Å²) in [6.45, 7) is 1.31. The summed E-state index contributed by atoms with van der Waals surface area (Å²) in [5.74, 6) is 0.720. The van der Waals surface area contributed by atoms with E-state index in [1.807, 2.05) is 10.7 Å². The van der Waals surface area contributed by atoms with Crippen LogP contribution in [0.3, 0.4) is 0 Å². The summed E-state index contributed by atoms with van der Waals surface area (Å²) in [4.78, 5) is 10.9. The van der Waals surface area contributed by atoms with Crippen LogP contribution in [0.4, 0.5) is 11.6 Å². The van der Waals surface area contributed by atoms with Crippen molar-refractivity contribution in [2.75, 3.05) is 18.5 Å². The summed E-state index contributed by atoms with van der Waals surface area (Å²) >= 11 is 0. The third-order valence-corrected chi connectivity index (χ3v) is 2.81. The predicted octanol–water partition coefficient (Wildman–Crippen LogP) is 0.0869. The minimum Gasteiger partial charge on any atom is -0.377 e. The Morgan fingerprint density at radius 3 is 2.79 bits per heavy atom. The van der Waals surface area contributed by atoms with Crippen molar-refractivity contribution >= 4 is 17.5 Å². The Labute approximate surface area is 108 Å². The molecule has 0 aliphatic carbocycles. The van der Waals surface area contributed by atoms with E-state index in [9.17, 15) is 4.79 Å². The third kappa shape index (κ3) is 2.25. The van der Waals surface area contributed by atoms with Crippen LogP contribution in [0.1, 0.15) is 16.5 Å². The van der Waals surface area contributed by atoms with Gasteiger partial charge in [-0.3, -0.25) is 4.79 Å². The summed E-state index contributed by atoms with van der Waals surface area (Å²) in [5.41, 5.74) is 5.23. The van der Waals surface area contributed by atoms with Gasteiger partial charge in [-0.25, -0.2) is 4.68 Å². The molecule has 3 heterocycles. The molecule has 98 valence electrons. The Bertz CT molecular complexity index is 589. The molecule has 0 radical (unpaired) electrons. The van der Waals surface area contributed by atoms with Crippen molar-refractivity contribution in [2.24, 2.45) is 5.73 Å². The monoisotopic (exact) mass is 260 g/mol. The van der Waals surface area contributed by atoms with Crippen LogP contribution in [0.2, 0.25) is 0 Å². The highest BCUT2D eigenvalue weighted by molar-refractivity contribution is 5.90. The van der Waals surface area contributed by atoms with Crippen molar-refractivity contribution in [3.05, 3.63) is 30.1 Å². The molecule has 1 aliphatic heterocycles. The first kappa shape index (κ1) is 11.6. The van der Waals surface area contributed by atoms with Gasteiger partial charge in [-0.2, -0.15) is 5.10 Å². The van der Waals surface area contributed by atoms with Crippen LogP contribution >= 0.6 is 0 Å². The minimum atomic E-state index is -0.601. The van der Waals surface area contributed by atoms with Gasteiger partial charge in [-0.1, -0.05) is 0 Å². The predicted molar refractivity (Wildman–Crippen MR) is 65.9 cm³/mol. The van der Waals surface area contributed by atoms with E-state index in [-0.39, 0.29) is 11.7 Å². The largest absolute Gasteiger partial charge is 0.377 e. The van der Waals surface area contributed by atoms with Crippen molar-refractivity contribution in [2.45, 2.75) is 6.04 Å². The summed E-state index contributed by atoms with van der Waals surface area (Å²) < 4.78 is 6.98. The van der Waals surface area contributed by atoms with Crippen LogP contribution in [0.5, 0.6) is 0 Å². The van der Waals surface area contributed by atoms with Crippen molar-refractivity contribution in [1.82, 2.24) is 20.0 Å². The second kappa shape index (κ2) is 4.65. The lowest BCUT2D eigenvalue weighted by Crippen LogP contribution is -2.31. The number of carbonyl (C=O) groups excluding carboxylic acids is 1. The lowest BCUT2D eigenvalue weighted by molar-refractivity contribution is -0.0276. The SMILES string of the molecule is NC(=O)c1ccc(Nc2ccnn2C2COC2)nn1.